The van der Waals surface area contributed by atoms with Gasteiger partial charge in [0.1, 0.15) is 0 Å². The SMILES string of the molecule is COc1ccccc1Oc1c(CN(CC2CC2)C(=O)C2CC2)c(C)nn1-c1ccc(Cl)cc1. The Labute approximate surface area is 199 Å². The quantitative estimate of drug-likeness (QED) is 0.401. The second kappa shape index (κ2) is 9.10. The molecular weight excluding hydrogens is 438 g/mol. The summed E-state index contributed by atoms with van der Waals surface area (Å²) in [5.74, 6) is 2.85. The number of aromatic nitrogens is 2. The highest BCUT2D eigenvalue weighted by atomic mass is 35.5. The number of halogens is 1. The molecule has 3 aromatic rings. The Morgan fingerprint density at radius 1 is 1.09 bits per heavy atom. The van der Waals surface area contributed by atoms with Gasteiger partial charge in [0.05, 0.1) is 30.6 Å². The van der Waals surface area contributed by atoms with Crippen molar-refractivity contribution in [1.82, 2.24) is 14.7 Å². The largest absolute Gasteiger partial charge is 0.493 e. The number of rotatable bonds is 9. The van der Waals surface area contributed by atoms with Gasteiger partial charge in [-0.25, -0.2) is 4.68 Å². The molecule has 2 aromatic carbocycles. The van der Waals surface area contributed by atoms with Crippen molar-refractivity contribution in [2.75, 3.05) is 13.7 Å². The molecule has 2 saturated carbocycles. The van der Waals surface area contributed by atoms with Crippen LogP contribution in [0.25, 0.3) is 5.69 Å². The molecule has 0 atom stereocenters. The van der Waals surface area contributed by atoms with E-state index in [0.717, 1.165) is 36.3 Å². The molecule has 172 valence electrons. The molecule has 0 radical (unpaired) electrons. The summed E-state index contributed by atoms with van der Waals surface area (Å²) in [5.41, 5.74) is 2.57. The van der Waals surface area contributed by atoms with Crippen molar-refractivity contribution in [1.29, 1.82) is 0 Å². The molecule has 0 saturated heterocycles. The Kier molecular flexibility index (Phi) is 6.02. The van der Waals surface area contributed by atoms with Gasteiger partial charge in [-0.15, -0.1) is 0 Å². The van der Waals surface area contributed by atoms with E-state index in [9.17, 15) is 4.79 Å². The number of amides is 1. The van der Waals surface area contributed by atoms with Crippen molar-refractivity contribution in [2.24, 2.45) is 11.8 Å². The third-order valence-electron chi connectivity index (χ3n) is 6.25. The summed E-state index contributed by atoms with van der Waals surface area (Å²) in [4.78, 5) is 15.1. The molecule has 0 N–H and O–H groups in total. The van der Waals surface area contributed by atoms with E-state index in [2.05, 4.69) is 0 Å². The van der Waals surface area contributed by atoms with Crippen LogP contribution in [0.15, 0.2) is 48.5 Å². The molecule has 0 spiro atoms. The molecule has 5 rings (SSSR count). The van der Waals surface area contributed by atoms with Crippen molar-refractivity contribution >= 4 is 17.5 Å². The average Bonchev–Trinajstić information content (AvgIpc) is 3.74. The number of benzene rings is 2. The average molecular weight is 466 g/mol. The summed E-state index contributed by atoms with van der Waals surface area (Å²) in [6.07, 6.45) is 4.38. The standard InChI is InChI=1S/C26H28ClN3O3/c1-17-22(16-29(15-18-7-8-18)25(31)19-9-10-19)26(33-24-6-4-3-5-23(24)32-2)30(28-17)21-13-11-20(27)12-14-21/h3-6,11-14,18-19H,7-10,15-16H2,1-2H3. The first kappa shape index (κ1) is 21.8. The Morgan fingerprint density at radius 2 is 1.79 bits per heavy atom. The second-order valence-electron chi connectivity index (χ2n) is 8.95. The maximum atomic E-state index is 13.1. The normalized spacial score (nSPS) is 15.4. The van der Waals surface area contributed by atoms with Crippen LogP contribution in [0.4, 0.5) is 0 Å². The Hall–Kier alpha value is -2.99. The lowest BCUT2D eigenvalue weighted by molar-refractivity contribution is -0.133. The van der Waals surface area contributed by atoms with Crippen LogP contribution in [-0.4, -0.2) is 34.2 Å². The first-order chi connectivity index (χ1) is 16.0. The van der Waals surface area contributed by atoms with Gasteiger partial charge in [-0.3, -0.25) is 4.79 Å². The van der Waals surface area contributed by atoms with Gasteiger partial charge < -0.3 is 14.4 Å². The van der Waals surface area contributed by atoms with E-state index >= 15 is 0 Å². The minimum absolute atomic E-state index is 0.175. The maximum Gasteiger partial charge on any atom is 0.228 e. The van der Waals surface area contributed by atoms with Crippen LogP contribution >= 0.6 is 11.6 Å². The summed E-state index contributed by atoms with van der Waals surface area (Å²) in [6, 6.07) is 15.0. The predicted octanol–water partition coefficient (Wildman–Crippen LogP) is 5.78. The van der Waals surface area contributed by atoms with Gasteiger partial charge >= 0.3 is 0 Å². The van der Waals surface area contributed by atoms with Crippen molar-refractivity contribution in [2.45, 2.75) is 39.2 Å². The smallest absolute Gasteiger partial charge is 0.228 e. The fourth-order valence-electron chi connectivity index (χ4n) is 4.01. The summed E-state index contributed by atoms with van der Waals surface area (Å²) in [5, 5.41) is 5.45. The molecule has 0 aliphatic heterocycles. The fraction of sp³-hybridized carbons (Fsp3) is 0.385. The van der Waals surface area contributed by atoms with Gasteiger partial charge in [0, 0.05) is 17.5 Å². The topological polar surface area (TPSA) is 56.6 Å². The molecule has 6 nitrogen and oxygen atoms in total. The van der Waals surface area contributed by atoms with Crippen LogP contribution in [0.5, 0.6) is 17.4 Å². The third-order valence-corrected chi connectivity index (χ3v) is 6.50. The van der Waals surface area contributed by atoms with Crippen LogP contribution in [0.2, 0.25) is 5.02 Å². The number of ether oxygens (including phenoxy) is 2. The monoisotopic (exact) mass is 465 g/mol. The second-order valence-corrected chi connectivity index (χ2v) is 9.38. The number of carbonyl (C=O) groups is 1. The fourth-order valence-corrected chi connectivity index (χ4v) is 4.14. The summed E-state index contributed by atoms with van der Waals surface area (Å²) >= 11 is 6.12. The number of hydrogen-bond acceptors (Lipinski definition) is 4. The highest BCUT2D eigenvalue weighted by Gasteiger charge is 2.37. The Bertz CT molecular complexity index is 1150. The Morgan fingerprint density at radius 3 is 2.42 bits per heavy atom. The van der Waals surface area contributed by atoms with Gasteiger partial charge in [-0.2, -0.15) is 5.10 Å². The number of hydrogen-bond donors (Lipinski definition) is 0. The van der Waals surface area contributed by atoms with E-state index in [0.29, 0.717) is 34.9 Å². The summed E-state index contributed by atoms with van der Waals surface area (Å²) in [7, 11) is 1.62. The van der Waals surface area contributed by atoms with Crippen LogP contribution in [0, 0.1) is 18.8 Å². The molecular formula is C26H28ClN3O3. The van der Waals surface area contributed by atoms with E-state index < -0.39 is 0 Å². The summed E-state index contributed by atoms with van der Waals surface area (Å²) < 4.78 is 13.7. The minimum Gasteiger partial charge on any atom is -0.493 e. The maximum absolute atomic E-state index is 13.1. The molecule has 0 bridgehead atoms. The molecule has 33 heavy (non-hydrogen) atoms. The molecule has 2 aliphatic carbocycles. The third kappa shape index (κ3) is 4.86. The molecule has 1 aromatic heterocycles. The van der Waals surface area contributed by atoms with Crippen LogP contribution in [-0.2, 0) is 11.3 Å². The van der Waals surface area contributed by atoms with Crippen molar-refractivity contribution < 1.29 is 14.3 Å². The zero-order valence-corrected chi connectivity index (χ0v) is 19.7. The number of para-hydroxylation sites is 2. The van der Waals surface area contributed by atoms with Crippen molar-refractivity contribution in [3.63, 3.8) is 0 Å². The minimum atomic E-state index is 0.175. The predicted molar refractivity (Wildman–Crippen MR) is 127 cm³/mol. The lowest BCUT2D eigenvalue weighted by Gasteiger charge is -2.23. The van der Waals surface area contributed by atoms with E-state index in [1.165, 1.54) is 12.8 Å². The lowest BCUT2D eigenvalue weighted by Crippen LogP contribution is -2.33. The number of aryl methyl sites for hydroxylation is 1. The summed E-state index contributed by atoms with van der Waals surface area (Å²) in [6.45, 7) is 3.25. The van der Waals surface area contributed by atoms with E-state index in [4.69, 9.17) is 26.2 Å². The molecule has 0 unspecified atom stereocenters. The number of methoxy groups -OCH3 is 1. The molecule has 1 amide bonds. The molecule has 2 fully saturated rings. The van der Waals surface area contributed by atoms with Crippen LogP contribution in [0.1, 0.15) is 36.9 Å². The van der Waals surface area contributed by atoms with Gasteiger partial charge in [0.25, 0.3) is 0 Å². The van der Waals surface area contributed by atoms with Gasteiger partial charge in [0.15, 0.2) is 11.5 Å². The van der Waals surface area contributed by atoms with E-state index in [1.54, 1.807) is 11.8 Å². The number of carbonyl (C=O) groups excluding carboxylic acids is 1. The number of nitrogens with zero attached hydrogens (tertiary/aromatic N) is 3. The lowest BCUT2D eigenvalue weighted by atomic mass is 10.2. The van der Waals surface area contributed by atoms with Crippen LogP contribution in [0.3, 0.4) is 0 Å². The van der Waals surface area contributed by atoms with Crippen LogP contribution < -0.4 is 9.47 Å². The Balaban J connectivity index is 1.55. The van der Waals surface area contributed by atoms with Gasteiger partial charge in [0.2, 0.25) is 11.8 Å². The first-order valence-corrected chi connectivity index (χ1v) is 11.9. The molecule has 7 heteroatoms. The zero-order chi connectivity index (χ0) is 22.9. The van der Waals surface area contributed by atoms with E-state index in [1.807, 2.05) is 60.4 Å². The first-order valence-electron chi connectivity index (χ1n) is 11.5. The van der Waals surface area contributed by atoms with Gasteiger partial charge in [-0.05, 0) is 74.9 Å². The highest BCUT2D eigenvalue weighted by molar-refractivity contribution is 6.30. The highest BCUT2D eigenvalue weighted by Crippen LogP contribution is 2.39. The van der Waals surface area contributed by atoms with E-state index in [-0.39, 0.29) is 11.8 Å². The van der Waals surface area contributed by atoms with Gasteiger partial charge in [-0.1, -0.05) is 23.7 Å². The molecule has 2 aliphatic rings. The zero-order valence-electron chi connectivity index (χ0n) is 19.0. The van der Waals surface area contributed by atoms with Crippen molar-refractivity contribution in [3.05, 3.63) is 64.8 Å². The molecule has 1 heterocycles. The van der Waals surface area contributed by atoms with Crippen molar-refractivity contribution in [3.8, 4) is 23.1 Å².